The minimum absolute atomic E-state index is 0.0670. The Morgan fingerprint density at radius 1 is 1.12 bits per heavy atom. The van der Waals surface area contributed by atoms with Crippen molar-refractivity contribution < 1.29 is 14.1 Å². The molecule has 43 heavy (non-hydrogen) atoms. The van der Waals surface area contributed by atoms with Crippen LogP contribution < -0.4 is 19.9 Å². The molecular formula is C31H35FN8O3. The molecule has 4 aromatic rings. The summed E-state index contributed by atoms with van der Waals surface area (Å²) in [6.45, 7) is 6.11. The van der Waals surface area contributed by atoms with Gasteiger partial charge in [-0.25, -0.2) is 9.37 Å². The van der Waals surface area contributed by atoms with E-state index < -0.39 is 4.92 Å². The zero-order chi connectivity index (χ0) is 30.9. The maximum atomic E-state index is 14.6. The quantitative estimate of drug-likeness (QED) is 0.182. The predicted octanol–water partition coefficient (Wildman–Crippen LogP) is 5.77. The summed E-state index contributed by atoms with van der Waals surface area (Å²) in [4.78, 5) is 31.4. The lowest BCUT2D eigenvalue weighted by atomic mass is 9.91. The van der Waals surface area contributed by atoms with Crippen LogP contribution in [0.4, 0.5) is 38.9 Å². The van der Waals surface area contributed by atoms with Crippen LogP contribution in [0.1, 0.15) is 19.5 Å². The van der Waals surface area contributed by atoms with E-state index in [2.05, 4.69) is 24.1 Å². The highest BCUT2D eigenvalue weighted by atomic mass is 19.1. The number of likely N-dealkylation sites (N-methyl/N-ethyl adjacent to an activating group) is 2. The molecule has 0 fully saturated rings. The Morgan fingerprint density at radius 2 is 1.88 bits per heavy atom. The number of nitro groups is 1. The van der Waals surface area contributed by atoms with Gasteiger partial charge < -0.3 is 24.8 Å². The molecule has 0 saturated heterocycles. The molecule has 1 aliphatic heterocycles. The number of nitro benzene ring substituents is 1. The highest BCUT2D eigenvalue weighted by molar-refractivity contribution is 5.78. The van der Waals surface area contributed by atoms with Gasteiger partial charge in [0.15, 0.2) is 0 Å². The van der Waals surface area contributed by atoms with Gasteiger partial charge in [0, 0.05) is 67.8 Å². The van der Waals surface area contributed by atoms with Crippen LogP contribution in [0, 0.1) is 15.9 Å². The van der Waals surface area contributed by atoms with Gasteiger partial charge in [-0.1, -0.05) is 32.0 Å². The van der Waals surface area contributed by atoms with E-state index in [9.17, 15) is 14.5 Å². The number of aromatic nitrogens is 3. The number of hydrogen-bond acceptors (Lipinski definition) is 10. The van der Waals surface area contributed by atoms with E-state index in [1.165, 1.54) is 19.2 Å². The van der Waals surface area contributed by atoms with Crippen LogP contribution in [0.5, 0.6) is 5.75 Å². The number of benzene rings is 2. The summed E-state index contributed by atoms with van der Waals surface area (Å²) in [5.74, 6) is 0.936. The Labute approximate surface area is 250 Å². The first kappa shape index (κ1) is 29.6. The van der Waals surface area contributed by atoms with Gasteiger partial charge in [-0.15, -0.1) is 0 Å². The maximum absolute atomic E-state index is 14.6. The summed E-state index contributed by atoms with van der Waals surface area (Å²) < 4.78 is 20.2. The van der Waals surface area contributed by atoms with Gasteiger partial charge in [-0.2, -0.15) is 4.98 Å². The summed E-state index contributed by atoms with van der Waals surface area (Å²) in [6, 6.07) is 13.4. The first-order valence-electron chi connectivity index (χ1n) is 13.8. The minimum atomic E-state index is -0.410. The molecule has 224 valence electrons. The molecular weight excluding hydrogens is 551 g/mol. The van der Waals surface area contributed by atoms with Gasteiger partial charge in [-0.05, 0) is 32.3 Å². The van der Waals surface area contributed by atoms with Gasteiger partial charge in [0.25, 0.3) is 5.69 Å². The molecule has 2 aromatic carbocycles. The van der Waals surface area contributed by atoms with Crippen molar-refractivity contribution in [2.75, 3.05) is 63.0 Å². The number of nitrogens with zero attached hydrogens (tertiary/aromatic N) is 7. The maximum Gasteiger partial charge on any atom is 0.294 e. The predicted molar refractivity (Wildman–Crippen MR) is 166 cm³/mol. The molecule has 1 N–H and O–H groups in total. The SMILES string of the molecule is COc1cc(N(C)CCN(C)C)c([N+](=O)[O-])cc1Nc1nccc(N2CC(C)(C)c3ncc(-c4ccccc4F)cc32)n1. The summed E-state index contributed by atoms with van der Waals surface area (Å²) >= 11 is 0. The molecule has 0 atom stereocenters. The molecule has 5 rings (SSSR count). The van der Waals surface area contributed by atoms with E-state index in [1.54, 1.807) is 42.7 Å². The lowest BCUT2D eigenvalue weighted by molar-refractivity contribution is -0.384. The second-order valence-corrected chi connectivity index (χ2v) is 11.4. The summed E-state index contributed by atoms with van der Waals surface area (Å²) in [7, 11) is 7.22. The molecule has 0 radical (unpaired) electrons. The molecule has 0 aliphatic carbocycles. The van der Waals surface area contributed by atoms with E-state index >= 15 is 0 Å². The minimum Gasteiger partial charge on any atom is -0.494 e. The van der Waals surface area contributed by atoms with Crippen molar-refractivity contribution in [3.63, 3.8) is 0 Å². The lowest BCUT2D eigenvalue weighted by Gasteiger charge is -2.23. The van der Waals surface area contributed by atoms with Crippen LogP contribution in [-0.4, -0.2) is 72.7 Å². The van der Waals surface area contributed by atoms with Crippen LogP contribution in [0.25, 0.3) is 11.1 Å². The summed E-state index contributed by atoms with van der Waals surface area (Å²) in [5, 5.41) is 15.2. The Hall–Kier alpha value is -4.84. The smallest absolute Gasteiger partial charge is 0.294 e. The van der Waals surface area contributed by atoms with E-state index in [0.29, 0.717) is 47.2 Å². The number of ether oxygens (including phenoxy) is 1. The van der Waals surface area contributed by atoms with Gasteiger partial charge in [0.2, 0.25) is 5.95 Å². The van der Waals surface area contributed by atoms with Crippen molar-refractivity contribution in [2.24, 2.45) is 0 Å². The normalized spacial score (nSPS) is 13.6. The summed E-state index contributed by atoms with van der Waals surface area (Å²) in [6.07, 6.45) is 3.32. The molecule has 1 aliphatic rings. The number of hydrogen-bond donors (Lipinski definition) is 1. The number of methoxy groups -OCH3 is 1. The van der Waals surface area contributed by atoms with Crippen LogP contribution in [0.2, 0.25) is 0 Å². The van der Waals surface area contributed by atoms with Crippen molar-refractivity contribution >= 4 is 34.5 Å². The second kappa shape index (κ2) is 11.8. The third-order valence-corrected chi connectivity index (χ3v) is 7.49. The molecule has 0 saturated carbocycles. The Kier molecular flexibility index (Phi) is 8.14. The monoisotopic (exact) mass is 586 g/mol. The molecule has 0 spiro atoms. The second-order valence-electron chi connectivity index (χ2n) is 11.4. The van der Waals surface area contributed by atoms with Crippen LogP contribution >= 0.6 is 0 Å². The first-order chi connectivity index (χ1) is 20.5. The number of pyridine rings is 1. The van der Waals surface area contributed by atoms with E-state index in [4.69, 9.17) is 14.7 Å². The van der Waals surface area contributed by atoms with Crippen LogP contribution in [-0.2, 0) is 5.41 Å². The molecule has 3 heterocycles. The van der Waals surface area contributed by atoms with Crippen molar-refractivity contribution in [2.45, 2.75) is 19.3 Å². The van der Waals surface area contributed by atoms with E-state index in [-0.39, 0.29) is 22.9 Å². The summed E-state index contributed by atoms with van der Waals surface area (Å²) in [5.41, 5.74) is 3.29. The molecule has 2 aromatic heterocycles. The zero-order valence-corrected chi connectivity index (χ0v) is 25.1. The van der Waals surface area contributed by atoms with Gasteiger partial charge in [0.05, 0.1) is 29.1 Å². The Bertz CT molecular complexity index is 1660. The van der Waals surface area contributed by atoms with Crippen molar-refractivity contribution in [1.82, 2.24) is 19.9 Å². The highest BCUT2D eigenvalue weighted by Gasteiger charge is 2.38. The first-order valence-corrected chi connectivity index (χ1v) is 13.8. The molecule has 11 nitrogen and oxygen atoms in total. The standard InChI is InChI=1S/C31H35FN8O3/c1-31(2)19-39(26-15-20(18-34-29(26)31)21-9-7-8-10-22(21)32)28-11-12-33-30(36-28)35-23-16-25(40(41)42)24(17-27(23)43-6)38(5)14-13-37(3)4/h7-12,15-18H,13-14,19H2,1-6H3,(H,33,35,36). The van der Waals surface area contributed by atoms with Gasteiger partial charge in [-0.3, -0.25) is 15.1 Å². The van der Waals surface area contributed by atoms with Gasteiger partial charge in [0.1, 0.15) is 23.1 Å². The van der Waals surface area contributed by atoms with Gasteiger partial charge >= 0.3 is 0 Å². The van der Waals surface area contributed by atoms with Crippen molar-refractivity contribution in [1.29, 1.82) is 0 Å². The molecule has 0 unspecified atom stereocenters. The third-order valence-electron chi connectivity index (χ3n) is 7.49. The molecule has 12 heteroatoms. The number of nitrogens with one attached hydrogen (secondary N) is 1. The van der Waals surface area contributed by atoms with Crippen LogP contribution in [0.15, 0.2) is 60.9 Å². The fourth-order valence-corrected chi connectivity index (χ4v) is 5.21. The van der Waals surface area contributed by atoms with Crippen molar-refractivity contribution in [3.05, 3.63) is 82.6 Å². The molecule has 0 amide bonds. The van der Waals surface area contributed by atoms with Crippen LogP contribution in [0.3, 0.4) is 0 Å². The fraction of sp³-hybridized carbons (Fsp3) is 0.323. The number of halogens is 1. The lowest BCUT2D eigenvalue weighted by Crippen LogP contribution is -2.29. The largest absolute Gasteiger partial charge is 0.494 e. The Morgan fingerprint density at radius 3 is 2.58 bits per heavy atom. The van der Waals surface area contributed by atoms with E-state index in [1.807, 2.05) is 41.9 Å². The average molecular weight is 587 g/mol. The number of anilines is 5. The number of rotatable bonds is 10. The fourth-order valence-electron chi connectivity index (χ4n) is 5.21. The zero-order valence-electron chi connectivity index (χ0n) is 25.1. The van der Waals surface area contributed by atoms with E-state index in [0.717, 1.165) is 17.9 Å². The number of fused-ring (bicyclic) bond motifs is 1. The average Bonchev–Trinajstić information content (AvgIpc) is 3.25. The molecule has 0 bridgehead atoms. The Balaban J connectivity index is 1.49. The topological polar surface area (TPSA) is 113 Å². The highest BCUT2D eigenvalue weighted by Crippen LogP contribution is 2.44. The third kappa shape index (κ3) is 6.05. The van der Waals surface area contributed by atoms with Crippen molar-refractivity contribution in [3.8, 4) is 16.9 Å².